The number of nitrogen functional groups attached to an aromatic ring is 1. The summed E-state index contributed by atoms with van der Waals surface area (Å²) in [6.45, 7) is 0.585. The topological polar surface area (TPSA) is 60.2 Å². The fourth-order valence-electron chi connectivity index (χ4n) is 2.62. The van der Waals surface area contributed by atoms with Crippen LogP contribution in [0.3, 0.4) is 0 Å². The van der Waals surface area contributed by atoms with Gasteiger partial charge >= 0.3 is 0 Å². The Morgan fingerprint density at radius 3 is 2.50 bits per heavy atom. The van der Waals surface area contributed by atoms with Crippen LogP contribution in [0.1, 0.15) is 5.56 Å². The van der Waals surface area contributed by atoms with Gasteiger partial charge in [-0.15, -0.1) is 0 Å². The van der Waals surface area contributed by atoms with Crippen molar-refractivity contribution in [1.82, 2.24) is 4.98 Å². The molecule has 0 spiro atoms. The first-order valence-corrected chi connectivity index (χ1v) is 8.14. The molecule has 0 atom stereocenters. The van der Waals surface area contributed by atoms with Crippen LogP contribution in [0.4, 0.5) is 20.2 Å². The lowest BCUT2D eigenvalue weighted by Crippen LogP contribution is -2.07. The summed E-state index contributed by atoms with van der Waals surface area (Å²) in [5, 5.41) is 3.21. The Labute approximate surface area is 150 Å². The van der Waals surface area contributed by atoms with E-state index in [0.29, 0.717) is 41.3 Å². The van der Waals surface area contributed by atoms with Gasteiger partial charge in [0.25, 0.3) is 0 Å². The lowest BCUT2D eigenvalue weighted by atomic mass is 10.0. The number of nitrogens with zero attached hydrogens (tertiary/aromatic N) is 1. The lowest BCUT2D eigenvalue weighted by Gasteiger charge is -2.13. The number of hydrogen-bond donors (Lipinski definition) is 2. The number of hydrogen-bond acceptors (Lipinski definition) is 4. The second-order valence-electron chi connectivity index (χ2n) is 5.81. The van der Waals surface area contributed by atoms with E-state index in [1.807, 2.05) is 0 Å². The first-order valence-electron chi connectivity index (χ1n) is 8.14. The van der Waals surface area contributed by atoms with E-state index >= 15 is 0 Å². The molecule has 0 aliphatic heterocycles. The second kappa shape index (κ2) is 7.82. The molecular weight excluding hydrogens is 336 g/mol. The van der Waals surface area contributed by atoms with Crippen molar-refractivity contribution >= 4 is 11.4 Å². The zero-order chi connectivity index (χ0) is 18.5. The molecule has 1 aromatic heterocycles. The van der Waals surface area contributed by atoms with Crippen molar-refractivity contribution < 1.29 is 13.5 Å². The molecule has 0 bridgehead atoms. The number of methoxy groups -OCH3 is 1. The van der Waals surface area contributed by atoms with Crippen LogP contribution in [-0.4, -0.2) is 18.6 Å². The average Bonchev–Trinajstić information content (AvgIpc) is 2.65. The van der Waals surface area contributed by atoms with E-state index < -0.39 is 5.82 Å². The van der Waals surface area contributed by atoms with Gasteiger partial charge in [-0.25, -0.2) is 13.8 Å². The van der Waals surface area contributed by atoms with Crippen LogP contribution in [0.15, 0.2) is 54.7 Å². The summed E-state index contributed by atoms with van der Waals surface area (Å²) < 4.78 is 32.3. The smallest absolute Gasteiger partial charge is 0.212 e. The van der Waals surface area contributed by atoms with E-state index in [4.69, 9.17) is 10.5 Å². The summed E-state index contributed by atoms with van der Waals surface area (Å²) in [6, 6.07) is 12.7. The highest BCUT2D eigenvalue weighted by Gasteiger charge is 2.11. The monoisotopic (exact) mass is 355 g/mol. The molecule has 134 valence electrons. The molecule has 2 aromatic carbocycles. The quantitative estimate of drug-likeness (QED) is 0.648. The number of anilines is 2. The molecule has 0 radical (unpaired) electrons. The number of ether oxygens (including phenoxy) is 1. The highest BCUT2D eigenvalue weighted by molar-refractivity contribution is 5.76. The highest BCUT2D eigenvalue weighted by atomic mass is 19.1. The Bertz CT molecular complexity index is 881. The molecule has 6 heteroatoms. The number of aromatic nitrogens is 1. The van der Waals surface area contributed by atoms with Crippen molar-refractivity contribution in [3.63, 3.8) is 0 Å². The van der Waals surface area contributed by atoms with E-state index in [2.05, 4.69) is 10.3 Å². The highest BCUT2D eigenvalue weighted by Crippen LogP contribution is 2.30. The van der Waals surface area contributed by atoms with Gasteiger partial charge in [0.2, 0.25) is 5.88 Å². The summed E-state index contributed by atoms with van der Waals surface area (Å²) in [5.74, 6) is -0.219. The van der Waals surface area contributed by atoms with Crippen molar-refractivity contribution in [2.75, 3.05) is 24.7 Å². The van der Waals surface area contributed by atoms with Gasteiger partial charge in [0.15, 0.2) is 0 Å². The van der Waals surface area contributed by atoms with E-state index in [0.717, 1.165) is 5.56 Å². The van der Waals surface area contributed by atoms with E-state index in [9.17, 15) is 8.78 Å². The fourth-order valence-corrected chi connectivity index (χ4v) is 2.62. The zero-order valence-electron chi connectivity index (χ0n) is 14.3. The van der Waals surface area contributed by atoms with Gasteiger partial charge in [0, 0.05) is 29.9 Å². The van der Waals surface area contributed by atoms with Crippen LogP contribution < -0.4 is 15.8 Å². The minimum absolute atomic E-state index is 0.262. The van der Waals surface area contributed by atoms with Gasteiger partial charge in [-0.05, 0) is 42.3 Å². The second-order valence-corrected chi connectivity index (χ2v) is 5.81. The average molecular weight is 355 g/mol. The van der Waals surface area contributed by atoms with Gasteiger partial charge in [-0.3, -0.25) is 0 Å². The molecular formula is C20H19F2N3O. The minimum atomic E-state index is -0.418. The van der Waals surface area contributed by atoms with Gasteiger partial charge < -0.3 is 15.8 Å². The SMILES string of the molecule is COc1ccc(-c2cc(NCCc3ccc(F)cc3)c(N)cc2F)cn1. The molecule has 1 heterocycles. The maximum Gasteiger partial charge on any atom is 0.212 e. The number of nitrogens with two attached hydrogens (primary N) is 1. The summed E-state index contributed by atoms with van der Waals surface area (Å²) in [7, 11) is 1.52. The predicted molar refractivity (Wildman–Crippen MR) is 99.2 cm³/mol. The number of nitrogens with one attached hydrogen (secondary N) is 1. The molecule has 3 aromatic rings. The Hall–Kier alpha value is -3.15. The number of benzene rings is 2. The number of halogens is 2. The third-order valence-electron chi connectivity index (χ3n) is 4.04. The van der Waals surface area contributed by atoms with Crippen molar-refractivity contribution in [2.24, 2.45) is 0 Å². The summed E-state index contributed by atoms with van der Waals surface area (Å²) >= 11 is 0. The van der Waals surface area contributed by atoms with Gasteiger partial charge in [-0.1, -0.05) is 12.1 Å². The molecule has 26 heavy (non-hydrogen) atoms. The molecule has 3 N–H and O–H groups in total. The Kier molecular flexibility index (Phi) is 5.31. The molecule has 0 amide bonds. The standard InChI is InChI=1S/C20H19F2N3O/c1-26-20-7-4-14(12-25-20)16-10-19(18(23)11-17(16)22)24-9-8-13-2-5-15(21)6-3-13/h2-7,10-12,24H,8-9,23H2,1H3. The summed E-state index contributed by atoms with van der Waals surface area (Å²) in [4.78, 5) is 4.10. The van der Waals surface area contributed by atoms with E-state index in [1.165, 1.54) is 25.3 Å². The predicted octanol–water partition coefficient (Wildman–Crippen LogP) is 4.27. The maximum absolute atomic E-state index is 14.3. The van der Waals surface area contributed by atoms with Crippen LogP contribution in [-0.2, 0) is 6.42 Å². The maximum atomic E-state index is 14.3. The molecule has 0 fully saturated rings. The number of pyridine rings is 1. The van der Waals surface area contributed by atoms with Crippen LogP contribution in [0.2, 0.25) is 0 Å². The molecule has 0 unspecified atom stereocenters. The Morgan fingerprint density at radius 1 is 1.08 bits per heavy atom. The fraction of sp³-hybridized carbons (Fsp3) is 0.150. The van der Waals surface area contributed by atoms with Crippen LogP contribution in [0.5, 0.6) is 5.88 Å². The van der Waals surface area contributed by atoms with Crippen molar-refractivity contribution in [3.8, 4) is 17.0 Å². The molecule has 0 aliphatic rings. The summed E-state index contributed by atoms with van der Waals surface area (Å²) in [6.07, 6.45) is 2.24. The Balaban J connectivity index is 1.75. The third kappa shape index (κ3) is 4.08. The van der Waals surface area contributed by atoms with Crippen molar-refractivity contribution in [3.05, 3.63) is 71.9 Å². The largest absolute Gasteiger partial charge is 0.481 e. The van der Waals surface area contributed by atoms with Crippen LogP contribution in [0.25, 0.3) is 11.1 Å². The van der Waals surface area contributed by atoms with Crippen molar-refractivity contribution in [2.45, 2.75) is 6.42 Å². The molecule has 3 rings (SSSR count). The molecule has 4 nitrogen and oxygen atoms in total. The minimum Gasteiger partial charge on any atom is -0.481 e. The third-order valence-corrected chi connectivity index (χ3v) is 4.04. The summed E-state index contributed by atoms with van der Waals surface area (Å²) in [5.41, 5.74) is 8.92. The van der Waals surface area contributed by atoms with Gasteiger partial charge in [0.05, 0.1) is 18.5 Å². The zero-order valence-corrected chi connectivity index (χ0v) is 14.3. The normalized spacial score (nSPS) is 10.6. The molecule has 0 saturated heterocycles. The first kappa shape index (κ1) is 17.7. The van der Waals surface area contributed by atoms with Crippen LogP contribution in [0, 0.1) is 11.6 Å². The van der Waals surface area contributed by atoms with Crippen LogP contribution >= 0.6 is 0 Å². The van der Waals surface area contributed by atoms with Gasteiger partial charge in [0.1, 0.15) is 11.6 Å². The van der Waals surface area contributed by atoms with Gasteiger partial charge in [-0.2, -0.15) is 0 Å². The van der Waals surface area contributed by atoms with Crippen molar-refractivity contribution in [1.29, 1.82) is 0 Å². The number of rotatable bonds is 6. The van der Waals surface area contributed by atoms with E-state index in [1.54, 1.807) is 36.5 Å². The molecule has 0 aliphatic carbocycles. The first-order chi connectivity index (χ1) is 12.6. The van der Waals surface area contributed by atoms with E-state index in [-0.39, 0.29) is 5.82 Å². The molecule has 0 saturated carbocycles. The Morgan fingerprint density at radius 2 is 1.85 bits per heavy atom. The lowest BCUT2D eigenvalue weighted by molar-refractivity contribution is 0.398.